The Morgan fingerprint density at radius 1 is 1.10 bits per heavy atom. The second-order valence-corrected chi connectivity index (χ2v) is 7.87. The molecule has 2 aromatic carbocycles. The van der Waals surface area contributed by atoms with Crippen molar-refractivity contribution in [2.75, 3.05) is 20.1 Å². The fraction of sp³-hybridized carbons (Fsp3) is 0.417. The van der Waals surface area contributed by atoms with E-state index >= 15 is 0 Å². The summed E-state index contributed by atoms with van der Waals surface area (Å²) in [5.41, 5.74) is 3.00. The van der Waals surface area contributed by atoms with Crippen molar-refractivity contribution in [1.82, 2.24) is 15.5 Å². The van der Waals surface area contributed by atoms with E-state index in [1.165, 1.54) is 5.56 Å². The lowest BCUT2D eigenvalue weighted by molar-refractivity contribution is -0.0586. The van der Waals surface area contributed by atoms with Gasteiger partial charge in [-0.25, -0.2) is 0 Å². The fourth-order valence-electron chi connectivity index (χ4n) is 3.70. The van der Waals surface area contributed by atoms with Crippen molar-refractivity contribution in [1.29, 1.82) is 0 Å². The zero-order valence-electron chi connectivity index (χ0n) is 18.7. The molecule has 3 unspecified atom stereocenters. The molecular weight excluding hydrogens is 503 g/mol. The first kappa shape index (κ1) is 25.1. The number of amides is 1. The number of rotatable bonds is 5. The lowest BCUT2D eigenvalue weighted by atomic mass is 10.1. The Kier molecular flexibility index (Phi) is 9.77. The van der Waals surface area contributed by atoms with Crippen molar-refractivity contribution in [3.8, 4) is 0 Å². The first-order valence-electron chi connectivity index (χ1n) is 10.5. The zero-order chi connectivity index (χ0) is 21.5. The molecule has 3 rings (SSSR count). The quantitative estimate of drug-likeness (QED) is 0.345. The van der Waals surface area contributed by atoms with Crippen LogP contribution in [0.4, 0.5) is 0 Å². The summed E-state index contributed by atoms with van der Waals surface area (Å²) in [6.45, 7) is 8.01. The van der Waals surface area contributed by atoms with Gasteiger partial charge in [-0.1, -0.05) is 42.5 Å². The molecule has 0 spiro atoms. The van der Waals surface area contributed by atoms with Crippen molar-refractivity contribution >= 4 is 35.8 Å². The minimum Gasteiger partial charge on any atom is -0.372 e. The number of carbonyl (C=O) groups is 1. The molecule has 7 heteroatoms. The third-order valence-corrected chi connectivity index (χ3v) is 5.24. The first-order valence-corrected chi connectivity index (χ1v) is 10.5. The van der Waals surface area contributed by atoms with Crippen molar-refractivity contribution in [3.63, 3.8) is 0 Å². The van der Waals surface area contributed by atoms with Crippen LogP contribution in [-0.4, -0.2) is 49.1 Å². The summed E-state index contributed by atoms with van der Waals surface area (Å²) in [4.78, 5) is 19.0. The smallest absolute Gasteiger partial charge is 0.254 e. The molecule has 1 aliphatic rings. The van der Waals surface area contributed by atoms with E-state index in [2.05, 4.69) is 34.7 Å². The molecule has 0 aromatic heterocycles. The third kappa shape index (κ3) is 7.21. The minimum absolute atomic E-state index is 0. The molecule has 0 aliphatic carbocycles. The van der Waals surface area contributed by atoms with Crippen molar-refractivity contribution < 1.29 is 9.53 Å². The molecule has 0 saturated carbocycles. The topological polar surface area (TPSA) is 66.0 Å². The average Bonchev–Trinajstić information content (AvgIpc) is 2.76. The summed E-state index contributed by atoms with van der Waals surface area (Å²) in [5.74, 6) is 0.800. The Morgan fingerprint density at radius 2 is 1.71 bits per heavy atom. The van der Waals surface area contributed by atoms with Crippen LogP contribution in [0.5, 0.6) is 0 Å². The van der Waals surface area contributed by atoms with Crippen LogP contribution in [0.15, 0.2) is 59.6 Å². The van der Waals surface area contributed by atoms with Crippen molar-refractivity contribution in [2.45, 2.75) is 45.6 Å². The number of morpholine rings is 1. The highest BCUT2D eigenvalue weighted by Gasteiger charge is 2.26. The highest BCUT2D eigenvalue weighted by atomic mass is 127. The molecule has 2 N–H and O–H groups in total. The van der Waals surface area contributed by atoms with E-state index < -0.39 is 0 Å². The Bertz CT molecular complexity index is 848. The van der Waals surface area contributed by atoms with E-state index in [9.17, 15) is 4.79 Å². The first-order chi connectivity index (χ1) is 14.5. The summed E-state index contributed by atoms with van der Waals surface area (Å²) in [6.07, 6.45) is 0.136. The maximum atomic E-state index is 12.8. The van der Waals surface area contributed by atoms with Gasteiger partial charge < -0.3 is 20.3 Å². The Balaban J connectivity index is 0.00000341. The van der Waals surface area contributed by atoms with Gasteiger partial charge >= 0.3 is 0 Å². The molecule has 1 aliphatic heterocycles. The van der Waals surface area contributed by atoms with E-state index in [-0.39, 0.29) is 48.1 Å². The van der Waals surface area contributed by atoms with Crippen LogP contribution in [-0.2, 0) is 11.3 Å². The van der Waals surface area contributed by atoms with Crippen LogP contribution in [0.25, 0.3) is 0 Å². The van der Waals surface area contributed by atoms with Gasteiger partial charge in [0.2, 0.25) is 0 Å². The van der Waals surface area contributed by atoms with Gasteiger partial charge in [-0.05, 0) is 44.0 Å². The standard InChI is InChI=1S/C24H32N4O2.HI/c1-17-15-28(16-18(2)30-17)23(29)22-12-10-20(11-13-22)14-26-24(25-4)27-19(3)21-8-6-5-7-9-21;/h5-13,17-19H,14-16H2,1-4H3,(H2,25,26,27);1H. The lowest BCUT2D eigenvalue weighted by Crippen LogP contribution is -2.48. The fourth-order valence-corrected chi connectivity index (χ4v) is 3.70. The molecule has 168 valence electrons. The largest absolute Gasteiger partial charge is 0.372 e. The van der Waals surface area contributed by atoms with Gasteiger partial charge in [-0.3, -0.25) is 9.79 Å². The molecule has 31 heavy (non-hydrogen) atoms. The number of halogens is 1. The molecule has 0 bridgehead atoms. The molecule has 2 aromatic rings. The Labute approximate surface area is 202 Å². The zero-order valence-corrected chi connectivity index (χ0v) is 21.0. The number of benzene rings is 2. The van der Waals surface area contributed by atoms with Gasteiger partial charge in [0, 0.05) is 32.2 Å². The summed E-state index contributed by atoms with van der Waals surface area (Å²) in [6, 6.07) is 18.2. The van der Waals surface area contributed by atoms with Gasteiger partial charge in [0.15, 0.2) is 5.96 Å². The number of hydrogen-bond donors (Lipinski definition) is 2. The molecule has 1 fully saturated rings. The summed E-state index contributed by atoms with van der Waals surface area (Å²) < 4.78 is 5.72. The lowest BCUT2D eigenvalue weighted by Gasteiger charge is -2.35. The second-order valence-electron chi connectivity index (χ2n) is 7.87. The molecule has 6 nitrogen and oxygen atoms in total. The van der Waals surface area contributed by atoms with Gasteiger partial charge in [0.05, 0.1) is 18.2 Å². The van der Waals surface area contributed by atoms with Crippen LogP contribution in [0.3, 0.4) is 0 Å². The third-order valence-electron chi connectivity index (χ3n) is 5.24. The molecular formula is C24H33IN4O2. The molecule has 1 amide bonds. The highest BCUT2D eigenvalue weighted by Crippen LogP contribution is 2.15. The van der Waals surface area contributed by atoms with Gasteiger partial charge in [0.25, 0.3) is 5.91 Å². The summed E-state index contributed by atoms with van der Waals surface area (Å²) in [7, 11) is 1.76. The summed E-state index contributed by atoms with van der Waals surface area (Å²) >= 11 is 0. The van der Waals surface area contributed by atoms with E-state index in [0.29, 0.717) is 25.2 Å². The maximum absolute atomic E-state index is 12.8. The number of aliphatic imine (C=N–C) groups is 1. The van der Waals surface area contributed by atoms with Gasteiger partial charge in [0.1, 0.15) is 0 Å². The molecule has 0 radical (unpaired) electrons. The predicted octanol–water partition coefficient (Wildman–Crippen LogP) is 3.98. The van der Waals surface area contributed by atoms with Crippen LogP contribution in [0, 0.1) is 0 Å². The SMILES string of the molecule is CN=C(NCc1ccc(C(=O)N2CC(C)OC(C)C2)cc1)NC(C)c1ccccc1.I. The van der Waals surface area contributed by atoms with E-state index in [1.807, 2.05) is 61.2 Å². The maximum Gasteiger partial charge on any atom is 0.254 e. The highest BCUT2D eigenvalue weighted by molar-refractivity contribution is 14.0. The normalized spacial score (nSPS) is 19.9. The number of carbonyl (C=O) groups excluding carboxylic acids is 1. The van der Waals surface area contributed by atoms with E-state index in [0.717, 1.165) is 11.5 Å². The van der Waals surface area contributed by atoms with E-state index in [4.69, 9.17) is 4.74 Å². The molecule has 1 saturated heterocycles. The number of hydrogen-bond acceptors (Lipinski definition) is 3. The average molecular weight is 536 g/mol. The van der Waals surface area contributed by atoms with Gasteiger partial charge in [-0.2, -0.15) is 0 Å². The monoisotopic (exact) mass is 536 g/mol. The summed E-state index contributed by atoms with van der Waals surface area (Å²) in [5, 5.41) is 6.74. The number of nitrogens with zero attached hydrogens (tertiary/aromatic N) is 2. The van der Waals surface area contributed by atoms with Crippen LogP contribution < -0.4 is 10.6 Å². The van der Waals surface area contributed by atoms with Crippen molar-refractivity contribution in [2.24, 2.45) is 4.99 Å². The van der Waals surface area contributed by atoms with Crippen LogP contribution in [0.1, 0.15) is 48.3 Å². The predicted molar refractivity (Wildman–Crippen MR) is 136 cm³/mol. The Morgan fingerprint density at radius 3 is 2.29 bits per heavy atom. The second kappa shape index (κ2) is 12.0. The minimum atomic E-state index is 0. The number of nitrogens with one attached hydrogen (secondary N) is 2. The number of guanidine groups is 1. The van der Waals surface area contributed by atoms with Gasteiger partial charge in [-0.15, -0.1) is 24.0 Å². The Hall–Kier alpha value is -2.13. The van der Waals surface area contributed by atoms with Crippen molar-refractivity contribution in [3.05, 3.63) is 71.3 Å². The number of ether oxygens (including phenoxy) is 1. The molecule has 3 atom stereocenters. The van der Waals surface area contributed by atoms with Crippen LogP contribution >= 0.6 is 24.0 Å². The van der Waals surface area contributed by atoms with Crippen LogP contribution in [0.2, 0.25) is 0 Å². The van der Waals surface area contributed by atoms with E-state index in [1.54, 1.807) is 7.05 Å². The molecule has 1 heterocycles.